The first-order valence-electron chi connectivity index (χ1n) is 6.73. The number of carbonyl (C=O) groups excluding carboxylic acids is 2. The van der Waals surface area contributed by atoms with Crippen LogP contribution in [0.15, 0.2) is 54.6 Å². The molecular weight excluding hydrogens is 302 g/mol. The van der Waals surface area contributed by atoms with Crippen LogP contribution in [0, 0.1) is 0 Å². The van der Waals surface area contributed by atoms with E-state index in [9.17, 15) is 9.59 Å². The molecule has 0 aromatic heterocycles. The van der Waals surface area contributed by atoms with Crippen LogP contribution in [0.2, 0.25) is 5.02 Å². The van der Waals surface area contributed by atoms with Crippen molar-refractivity contribution < 1.29 is 9.59 Å². The Morgan fingerprint density at radius 1 is 0.909 bits per heavy atom. The maximum atomic E-state index is 12.0. The maximum Gasteiger partial charge on any atom is 0.319 e. The van der Waals surface area contributed by atoms with Gasteiger partial charge in [-0.25, -0.2) is 4.79 Å². The van der Waals surface area contributed by atoms with Crippen molar-refractivity contribution in [2.75, 3.05) is 10.6 Å². The fourth-order valence-electron chi connectivity index (χ4n) is 1.73. The van der Waals surface area contributed by atoms with E-state index >= 15 is 0 Å². The number of hydrogen-bond donors (Lipinski definition) is 3. The molecule has 0 radical (unpaired) electrons. The molecule has 0 saturated carbocycles. The number of anilines is 2. The van der Waals surface area contributed by atoms with Crippen molar-refractivity contribution in [3.05, 3.63) is 59.6 Å². The molecule has 114 valence electrons. The molecule has 5 nitrogen and oxygen atoms in total. The third-order valence-corrected chi connectivity index (χ3v) is 3.14. The van der Waals surface area contributed by atoms with Crippen molar-refractivity contribution in [1.29, 1.82) is 0 Å². The SMILES string of the molecule is CC(NC(=O)Nc1ccccc1)C(=O)Nc1ccc(Cl)cc1. The minimum Gasteiger partial charge on any atom is -0.326 e. The van der Waals surface area contributed by atoms with Gasteiger partial charge in [-0.3, -0.25) is 4.79 Å². The van der Waals surface area contributed by atoms with Crippen molar-refractivity contribution in [2.24, 2.45) is 0 Å². The van der Waals surface area contributed by atoms with Gasteiger partial charge < -0.3 is 16.0 Å². The summed E-state index contributed by atoms with van der Waals surface area (Å²) in [6, 6.07) is 14.6. The molecule has 2 aromatic rings. The minimum absolute atomic E-state index is 0.314. The van der Waals surface area contributed by atoms with Crippen molar-refractivity contribution in [2.45, 2.75) is 13.0 Å². The molecule has 1 unspecified atom stereocenters. The Hall–Kier alpha value is -2.53. The van der Waals surface area contributed by atoms with Gasteiger partial charge in [-0.15, -0.1) is 0 Å². The second-order valence-electron chi connectivity index (χ2n) is 4.68. The van der Waals surface area contributed by atoms with E-state index in [1.807, 2.05) is 18.2 Å². The van der Waals surface area contributed by atoms with Crippen LogP contribution in [0.25, 0.3) is 0 Å². The van der Waals surface area contributed by atoms with E-state index in [4.69, 9.17) is 11.6 Å². The molecule has 1 atom stereocenters. The highest BCUT2D eigenvalue weighted by atomic mass is 35.5. The van der Waals surface area contributed by atoms with E-state index in [-0.39, 0.29) is 5.91 Å². The van der Waals surface area contributed by atoms with Gasteiger partial charge >= 0.3 is 6.03 Å². The third kappa shape index (κ3) is 4.79. The second-order valence-corrected chi connectivity index (χ2v) is 5.12. The molecule has 2 rings (SSSR count). The number of urea groups is 1. The van der Waals surface area contributed by atoms with Gasteiger partial charge in [-0.2, -0.15) is 0 Å². The molecule has 22 heavy (non-hydrogen) atoms. The van der Waals surface area contributed by atoms with Crippen molar-refractivity contribution in [3.63, 3.8) is 0 Å². The van der Waals surface area contributed by atoms with Gasteiger partial charge in [-0.05, 0) is 43.3 Å². The summed E-state index contributed by atoms with van der Waals surface area (Å²) in [4.78, 5) is 23.8. The predicted octanol–water partition coefficient (Wildman–Crippen LogP) is 3.49. The minimum atomic E-state index is -0.681. The van der Waals surface area contributed by atoms with Gasteiger partial charge in [-0.1, -0.05) is 29.8 Å². The van der Waals surface area contributed by atoms with E-state index in [0.29, 0.717) is 16.4 Å². The van der Waals surface area contributed by atoms with E-state index in [2.05, 4.69) is 16.0 Å². The summed E-state index contributed by atoms with van der Waals surface area (Å²) in [6.45, 7) is 1.61. The Bertz CT molecular complexity index is 644. The topological polar surface area (TPSA) is 70.2 Å². The highest BCUT2D eigenvalue weighted by molar-refractivity contribution is 6.30. The standard InChI is InChI=1S/C16H16ClN3O2/c1-11(15(21)19-14-9-7-12(17)8-10-14)18-16(22)20-13-5-3-2-4-6-13/h2-11H,1H3,(H,19,21)(H2,18,20,22). The first kappa shape index (κ1) is 15.9. The molecule has 0 bridgehead atoms. The number of hydrogen-bond acceptors (Lipinski definition) is 2. The summed E-state index contributed by atoms with van der Waals surface area (Å²) in [5, 5.41) is 8.51. The molecule has 3 amide bonds. The molecule has 0 fully saturated rings. The number of benzene rings is 2. The number of para-hydroxylation sites is 1. The number of halogens is 1. The van der Waals surface area contributed by atoms with Crippen molar-refractivity contribution in [3.8, 4) is 0 Å². The molecule has 2 aromatic carbocycles. The van der Waals surface area contributed by atoms with Crippen LogP contribution in [0.3, 0.4) is 0 Å². The van der Waals surface area contributed by atoms with Crippen LogP contribution in [0.5, 0.6) is 0 Å². The summed E-state index contributed by atoms with van der Waals surface area (Å²) in [6.07, 6.45) is 0. The fourth-order valence-corrected chi connectivity index (χ4v) is 1.86. The molecule has 3 N–H and O–H groups in total. The summed E-state index contributed by atoms with van der Waals surface area (Å²) < 4.78 is 0. The lowest BCUT2D eigenvalue weighted by Gasteiger charge is -2.15. The molecule has 0 aliphatic rings. The fraction of sp³-hybridized carbons (Fsp3) is 0.125. The number of nitrogens with one attached hydrogen (secondary N) is 3. The lowest BCUT2D eigenvalue weighted by Crippen LogP contribution is -2.43. The van der Waals surface area contributed by atoms with Crippen LogP contribution < -0.4 is 16.0 Å². The van der Waals surface area contributed by atoms with E-state index in [0.717, 1.165) is 0 Å². The van der Waals surface area contributed by atoms with Crippen LogP contribution in [0.4, 0.5) is 16.2 Å². The second kappa shape index (κ2) is 7.47. The Kier molecular flexibility index (Phi) is 5.38. The van der Waals surface area contributed by atoms with Crippen LogP contribution >= 0.6 is 11.6 Å². The van der Waals surface area contributed by atoms with Crippen LogP contribution in [-0.2, 0) is 4.79 Å². The highest BCUT2D eigenvalue weighted by Crippen LogP contribution is 2.13. The first-order chi connectivity index (χ1) is 10.5. The molecule has 0 aliphatic carbocycles. The lowest BCUT2D eigenvalue weighted by atomic mass is 10.2. The number of carbonyl (C=O) groups is 2. The zero-order valence-electron chi connectivity index (χ0n) is 12.0. The van der Waals surface area contributed by atoms with Gasteiger partial charge in [0.1, 0.15) is 6.04 Å². The van der Waals surface area contributed by atoms with Gasteiger partial charge in [0.05, 0.1) is 0 Å². The van der Waals surface area contributed by atoms with Crippen LogP contribution in [-0.4, -0.2) is 18.0 Å². The average Bonchev–Trinajstić information content (AvgIpc) is 2.50. The van der Waals surface area contributed by atoms with Crippen molar-refractivity contribution >= 4 is 34.9 Å². The normalized spacial score (nSPS) is 11.4. The largest absolute Gasteiger partial charge is 0.326 e. The summed E-state index contributed by atoms with van der Waals surface area (Å²) in [5.74, 6) is -0.314. The van der Waals surface area contributed by atoms with Crippen LogP contribution in [0.1, 0.15) is 6.92 Å². The highest BCUT2D eigenvalue weighted by Gasteiger charge is 2.15. The third-order valence-electron chi connectivity index (χ3n) is 2.88. The van der Waals surface area contributed by atoms with Crippen molar-refractivity contribution in [1.82, 2.24) is 5.32 Å². The van der Waals surface area contributed by atoms with Gasteiger partial charge in [0.25, 0.3) is 0 Å². The predicted molar refractivity (Wildman–Crippen MR) is 88.1 cm³/mol. The molecule has 0 saturated heterocycles. The smallest absolute Gasteiger partial charge is 0.319 e. The Labute approximate surface area is 133 Å². The maximum absolute atomic E-state index is 12.0. The monoisotopic (exact) mass is 317 g/mol. The quantitative estimate of drug-likeness (QED) is 0.808. The van der Waals surface area contributed by atoms with E-state index in [1.165, 1.54) is 0 Å². The van der Waals surface area contributed by atoms with E-state index in [1.54, 1.807) is 43.3 Å². The average molecular weight is 318 g/mol. The number of amides is 3. The van der Waals surface area contributed by atoms with Gasteiger partial charge in [0.15, 0.2) is 0 Å². The molecule has 0 heterocycles. The Morgan fingerprint density at radius 2 is 1.50 bits per heavy atom. The molecule has 0 aliphatic heterocycles. The molecular formula is C16H16ClN3O2. The Morgan fingerprint density at radius 3 is 2.14 bits per heavy atom. The molecule has 0 spiro atoms. The summed E-state index contributed by atoms with van der Waals surface area (Å²) in [5.41, 5.74) is 1.27. The first-order valence-corrected chi connectivity index (χ1v) is 7.11. The zero-order valence-corrected chi connectivity index (χ0v) is 12.7. The van der Waals surface area contributed by atoms with Gasteiger partial charge in [0, 0.05) is 16.4 Å². The van der Waals surface area contributed by atoms with E-state index < -0.39 is 12.1 Å². The van der Waals surface area contributed by atoms with Gasteiger partial charge in [0.2, 0.25) is 5.91 Å². The molecule has 6 heteroatoms. The summed E-state index contributed by atoms with van der Waals surface area (Å²) >= 11 is 5.78. The summed E-state index contributed by atoms with van der Waals surface area (Å²) in [7, 11) is 0. The zero-order chi connectivity index (χ0) is 15.9. The number of rotatable bonds is 4. The lowest BCUT2D eigenvalue weighted by molar-refractivity contribution is -0.117. The Balaban J connectivity index is 1.85.